The minimum atomic E-state index is -0.822. The first-order chi connectivity index (χ1) is 7.84. The highest BCUT2D eigenvalue weighted by atomic mass is 33.1. The fourth-order valence-electron chi connectivity index (χ4n) is 1.16. The molecule has 0 aromatic heterocycles. The van der Waals surface area contributed by atoms with Gasteiger partial charge >= 0.3 is 0 Å². The van der Waals surface area contributed by atoms with Crippen molar-refractivity contribution in [2.75, 3.05) is 0 Å². The van der Waals surface area contributed by atoms with Gasteiger partial charge < -0.3 is 4.52 Å². The van der Waals surface area contributed by atoms with E-state index in [0.29, 0.717) is 0 Å². The van der Waals surface area contributed by atoms with Gasteiger partial charge in [-0.1, -0.05) is 48.6 Å². The fraction of sp³-hybridized carbons (Fsp3) is 0. The molecule has 2 aromatic carbocycles. The molecule has 0 aliphatic heterocycles. The molecular formula is C12H11OPS2. The second kappa shape index (κ2) is 6.19. The van der Waals surface area contributed by atoms with Crippen LogP contribution in [0.2, 0.25) is 0 Å². The lowest BCUT2D eigenvalue weighted by Crippen LogP contribution is -1.78. The van der Waals surface area contributed by atoms with Crippen molar-refractivity contribution in [3.8, 4) is 5.75 Å². The van der Waals surface area contributed by atoms with Crippen molar-refractivity contribution in [2.24, 2.45) is 0 Å². The molecule has 0 saturated carbocycles. The first-order valence-corrected chi connectivity index (χ1v) is 8.63. The molecule has 0 N–H and O–H groups in total. The minimum Gasteiger partial charge on any atom is -0.453 e. The van der Waals surface area contributed by atoms with Gasteiger partial charge in [0.15, 0.2) is 0 Å². The van der Waals surface area contributed by atoms with Crippen LogP contribution in [-0.4, -0.2) is 0 Å². The Morgan fingerprint density at radius 3 is 2.06 bits per heavy atom. The Bertz CT molecular complexity index is 380. The van der Waals surface area contributed by atoms with Gasteiger partial charge in [0.05, 0.1) is 0 Å². The van der Waals surface area contributed by atoms with Crippen molar-refractivity contribution < 1.29 is 4.52 Å². The summed E-state index contributed by atoms with van der Waals surface area (Å²) in [6.45, 7) is -0.822. The standard InChI is InChI=1S/C12H11OPS2/c15-14(13-11-7-3-1-4-8-11)16-12-9-5-2-6-10-12/h1-10,15H. The number of rotatable bonds is 4. The van der Waals surface area contributed by atoms with E-state index in [-0.39, 0.29) is 0 Å². The van der Waals surface area contributed by atoms with E-state index < -0.39 is 6.55 Å². The molecule has 0 radical (unpaired) electrons. The maximum Gasteiger partial charge on any atom is 0.211 e. The van der Waals surface area contributed by atoms with Crippen LogP contribution in [0.4, 0.5) is 0 Å². The molecule has 2 rings (SSSR count). The van der Waals surface area contributed by atoms with E-state index in [2.05, 4.69) is 24.4 Å². The molecule has 0 heterocycles. The average molecular weight is 266 g/mol. The van der Waals surface area contributed by atoms with Crippen molar-refractivity contribution in [1.82, 2.24) is 0 Å². The molecular weight excluding hydrogens is 255 g/mol. The molecule has 0 saturated heterocycles. The smallest absolute Gasteiger partial charge is 0.211 e. The molecule has 0 aliphatic carbocycles. The SMILES string of the molecule is SP(Oc1ccccc1)Sc1ccccc1. The van der Waals surface area contributed by atoms with Crippen molar-refractivity contribution in [3.63, 3.8) is 0 Å². The van der Waals surface area contributed by atoms with E-state index in [1.54, 1.807) is 11.4 Å². The summed E-state index contributed by atoms with van der Waals surface area (Å²) in [5.74, 6) is 0.868. The number of thiol groups is 1. The van der Waals surface area contributed by atoms with Crippen LogP contribution in [0.15, 0.2) is 65.6 Å². The quantitative estimate of drug-likeness (QED) is 0.615. The van der Waals surface area contributed by atoms with Gasteiger partial charge in [-0.2, -0.15) is 0 Å². The van der Waals surface area contributed by atoms with E-state index in [0.717, 1.165) is 5.75 Å². The molecule has 0 spiro atoms. The zero-order valence-corrected chi connectivity index (χ0v) is 11.1. The van der Waals surface area contributed by atoms with Crippen LogP contribution >= 0.6 is 30.2 Å². The average Bonchev–Trinajstić information content (AvgIpc) is 2.31. The maximum atomic E-state index is 5.71. The Morgan fingerprint density at radius 1 is 0.875 bits per heavy atom. The van der Waals surface area contributed by atoms with Gasteiger partial charge in [-0.15, -0.1) is 0 Å². The van der Waals surface area contributed by atoms with E-state index in [1.165, 1.54) is 4.90 Å². The van der Waals surface area contributed by atoms with Gasteiger partial charge in [-0.25, -0.2) is 0 Å². The second-order valence-electron chi connectivity index (χ2n) is 3.05. The summed E-state index contributed by atoms with van der Waals surface area (Å²) in [5, 5.41) is 0. The van der Waals surface area contributed by atoms with Gasteiger partial charge in [-0.3, -0.25) is 0 Å². The van der Waals surface area contributed by atoms with Crippen LogP contribution in [0.1, 0.15) is 0 Å². The van der Waals surface area contributed by atoms with Crippen molar-refractivity contribution in [3.05, 3.63) is 60.7 Å². The highest BCUT2D eigenvalue weighted by Crippen LogP contribution is 2.57. The molecule has 4 heteroatoms. The summed E-state index contributed by atoms with van der Waals surface area (Å²) in [6.07, 6.45) is 0. The van der Waals surface area contributed by atoms with Gasteiger partial charge in [0.1, 0.15) is 5.75 Å². The number of para-hydroxylation sites is 1. The summed E-state index contributed by atoms with van der Waals surface area (Å²) in [7, 11) is 0. The van der Waals surface area contributed by atoms with E-state index in [4.69, 9.17) is 4.52 Å². The summed E-state index contributed by atoms with van der Waals surface area (Å²) in [4.78, 5) is 1.18. The minimum absolute atomic E-state index is 0.822. The van der Waals surface area contributed by atoms with Crippen LogP contribution in [0.25, 0.3) is 0 Å². The van der Waals surface area contributed by atoms with Crippen LogP contribution in [0.3, 0.4) is 0 Å². The highest BCUT2D eigenvalue weighted by Gasteiger charge is 2.07. The predicted molar refractivity (Wildman–Crippen MR) is 75.3 cm³/mol. The number of hydrogen-bond acceptors (Lipinski definition) is 3. The normalized spacial score (nSPS) is 12.1. The molecule has 82 valence electrons. The maximum absolute atomic E-state index is 5.71. The van der Waals surface area contributed by atoms with E-state index in [1.807, 2.05) is 48.5 Å². The summed E-state index contributed by atoms with van der Waals surface area (Å²) >= 11 is 6.10. The molecule has 0 bridgehead atoms. The molecule has 0 fully saturated rings. The Hall–Kier alpha value is -0.630. The third-order valence-corrected chi connectivity index (χ3v) is 5.16. The summed E-state index contributed by atoms with van der Waals surface area (Å²) < 4.78 is 5.71. The Kier molecular flexibility index (Phi) is 4.58. The van der Waals surface area contributed by atoms with Crippen molar-refractivity contribution in [1.29, 1.82) is 0 Å². The molecule has 2 aromatic rings. The highest BCUT2D eigenvalue weighted by molar-refractivity contribution is 8.82. The predicted octanol–water partition coefficient (Wildman–Crippen LogP) is 5.01. The zero-order valence-electron chi connectivity index (χ0n) is 8.48. The van der Waals surface area contributed by atoms with Gasteiger partial charge in [-0.05, 0) is 35.6 Å². The Balaban J connectivity index is 1.92. The molecule has 1 unspecified atom stereocenters. The third kappa shape index (κ3) is 3.75. The van der Waals surface area contributed by atoms with E-state index in [9.17, 15) is 0 Å². The lowest BCUT2D eigenvalue weighted by atomic mass is 10.3. The van der Waals surface area contributed by atoms with Crippen LogP contribution < -0.4 is 4.52 Å². The first kappa shape index (κ1) is 11.8. The Morgan fingerprint density at radius 2 is 1.44 bits per heavy atom. The third-order valence-electron chi connectivity index (χ3n) is 1.85. The topological polar surface area (TPSA) is 9.23 Å². The second-order valence-corrected chi connectivity index (χ2v) is 7.80. The van der Waals surface area contributed by atoms with E-state index >= 15 is 0 Å². The molecule has 1 nitrogen and oxygen atoms in total. The van der Waals surface area contributed by atoms with Crippen molar-refractivity contribution >= 4 is 30.2 Å². The van der Waals surface area contributed by atoms with Crippen LogP contribution in [-0.2, 0) is 0 Å². The summed E-state index contributed by atoms with van der Waals surface area (Å²) in [5.41, 5.74) is 0. The molecule has 0 amide bonds. The lowest BCUT2D eigenvalue weighted by molar-refractivity contribution is 0.639. The van der Waals surface area contributed by atoms with Crippen LogP contribution in [0.5, 0.6) is 5.75 Å². The zero-order chi connectivity index (χ0) is 11.2. The number of benzene rings is 2. The van der Waals surface area contributed by atoms with Crippen LogP contribution in [0, 0.1) is 0 Å². The van der Waals surface area contributed by atoms with Gasteiger partial charge in [0.25, 0.3) is 0 Å². The molecule has 0 aliphatic rings. The lowest BCUT2D eigenvalue weighted by Gasteiger charge is -2.11. The van der Waals surface area contributed by atoms with Gasteiger partial charge in [0.2, 0.25) is 6.55 Å². The monoisotopic (exact) mass is 266 g/mol. The molecule has 16 heavy (non-hydrogen) atoms. The molecule has 1 atom stereocenters. The largest absolute Gasteiger partial charge is 0.453 e. The number of hydrogen-bond donors (Lipinski definition) is 1. The first-order valence-electron chi connectivity index (χ1n) is 4.79. The Labute approximate surface area is 106 Å². The van der Waals surface area contributed by atoms with Gasteiger partial charge in [0, 0.05) is 4.90 Å². The summed E-state index contributed by atoms with van der Waals surface area (Å²) in [6, 6.07) is 19.9. The fourth-order valence-corrected chi connectivity index (χ4v) is 4.37. The van der Waals surface area contributed by atoms with Crippen molar-refractivity contribution in [2.45, 2.75) is 4.90 Å².